The standard InChI is InChI=1S/C8H10N3OS/c1-5-9-7-6(4-10(5)2)8(12)11(3)13-7/h4H,1-3H3/q+1. The molecular formula is C8H10N3OS+. The molecule has 2 aromatic heterocycles. The Morgan fingerprint density at radius 1 is 1.62 bits per heavy atom. The highest BCUT2D eigenvalue weighted by atomic mass is 32.1. The van der Waals surface area contributed by atoms with Crippen LogP contribution in [0, 0.1) is 6.92 Å². The second kappa shape index (κ2) is 2.63. The number of aromatic nitrogens is 3. The molecular weight excluding hydrogens is 186 g/mol. The largest absolute Gasteiger partial charge is 0.296 e. The lowest BCUT2D eigenvalue weighted by Gasteiger charge is -1.89. The molecule has 5 heteroatoms. The molecule has 0 spiro atoms. The van der Waals surface area contributed by atoms with Crippen molar-refractivity contribution in [2.45, 2.75) is 6.92 Å². The molecule has 0 unspecified atom stereocenters. The monoisotopic (exact) mass is 196 g/mol. The zero-order chi connectivity index (χ0) is 9.59. The van der Waals surface area contributed by atoms with E-state index in [1.165, 1.54) is 11.5 Å². The molecule has 13 heavy (non-hydrogen) atoms. The van der Waals surface area contributed by atoms with Gasteiger partial charge >= 0.3 is 0 Å². The lowest BCUT2D eigenvalue weighted by molar-refractivity contribution is -0.679. The van der Waals surface area contributed by atoms with E-state index in [2.05, 4.69) is 4.98 Å². The van der Waals surface area contributed by atoms with Gasteiger partial charge in [-0.3, -0.25) is 8.75 Å². The summed E-state index contributed by atoms with van der Waals surface area (Å²) < 4.78 is 3.45. The molecule has 0 aliphatic carbocycles. The van der Waals surface area contributed by atoms with Gasteiger partial charge in [-0.2, -0.15) is 0 Å². The molecule has 0 fully saturated rings. The molecule has 0 N–H and O–H groups in total. The van der Waals surface area contributed by atoms with E-state index in [1.807, 2.05) is 24.7 Å². The van der Waals surface area contributed by atoms with Gasteiger partial charge in [0.25, 0.3) is 16.2 Å². The average molecular weight is 196 g/mol. The van der Waals surface area contributed by atoms with Gasteiger partial charge in [-0.1, -0.05) is 0 Å². The third-order valence-corrected chi connectivity index (χ3v) is 2.99. The Kier molecular flexibility index (Phi) is 1.69. The van der Waals surface area contributed by atoms with Crippen LogP contribution in [0.25, 0.3) is 10.2 Å². The first-order valence-corrected chi connectivity index (χ1v) is 4.70. The number of hydrogen-bond donors (Lipinski definition) is 0. The topological polar surface area (TPSA) is 38.8 Å². The Balaban J connectivity index is 2.97. The highest BCUT2D eigenvalue weighted by Gasteiger charge is 2.14. The van der Waals surface area contributed by atoms with E-state index in [0.29, 0.717) is 5.39 Å². The maximum absolute atomic E-state index is 11.5. The zero-order valence-electron chi connectivity index (χ0n) is 7.74. The summed E-state index contributed by atoms with van der Waals surface area (Å²) in [5, 5.41) is 0.695. The fourth-order valence-corrected chi connectivity index (χ4v) is 2.04. The van der Waals surface area contributed by atoms with Gasteiger partial charge in [-0.15, -0.1) is 0 Å². The first-order valence-electron chi connectivity index (χ1n) is 3.93. The quantitative estimate of drug-likeness (QED) is 0.562. The fraction of sp³-hybridized carbons (Fsp3) is 0.375. The Bertz CT molecular complexity index is 526. The summed E-state index contributed by atoms with van der Waals surface area (Å²) in [6, 6.07) is 0. The van der Waals surface area contributed by atoms with Crippen LogP contribution in [0.5, 0.6) is 0 Å². The first-order chi connectivity index (χ1) is 6.09. The Morgan fingerprint density at radius 2 is 2.31 bits per heavy atom. The van der Waals surface area contributed by atoms with Crippen molar-refractivity contribution in [3.63, 3.8) is 0 Å². The number of aryl methyl sites for hydroxylation is 3. The van der Waals surface area contributed by atoms with Crippen molar-refractivity contribution < 1.29 is 4.57 Å². The van der Waals surface area contributed by atoms with Crippen LogP contribution >= 0.6 is 11.5 Å². The summed E-state index contributed by atoms with van der Waals surface area (Å²) in [5.41, 5.74) is 0.0306. The molecule has 4 nitrogen and oxygen atoms in total. The van der Waals surface area contributed by atoms with Gasteiger partial charge in [0.1, 0.15) is 11.6 Å². The van der Waals surface area contributed by atoms with E-state index < -0.39 is 0 Å². The van der Waals surface area contributed by atoms with Crippen LogP contribution in [0.15, 0.2) is 11.0 Å². The summed E-state index contributed by atoms with van der Waals surface area (Å²) >= 11 is 1.38. The number of fused-ring (bicyclic) bond motifs is 1. The first kappa shape index (κ1) is 8.37. The predicted octanol–water partition coefficient (Wildman–Crippen LogP) is 0.128. The summed E-state index contributed by atoms with van der Waals surface area (Å²) in [5.74, 6) is 0.911. The minimum Gasteiger partial charge on any atom is -0.267 e. The normalized spacial score (nSPS) is 11.0. The molecule has 2 aromatic rings. The van der Waals surface area contributed by atoms with E-state index >= 15 is 0 Å². The molecule has 0 aromatic carbocycles. The molecule has 0 amide bonds. The summed E-state index contributed by atoms with van der Waals surface area (Å²) in [7, 11) is 3.64. The van der Waals surface area contributed by atoms with Crippen LogP contribution in [0.4, 0.5) is 0 Å². The van der Waals surface area contributed by atoms with E-state index in [4.69, 9.17) is 0 Å². The minimum atomic E-state index is 0.0306. The lowest BCUT2D eigenvalue weighted by atomic mass is 10.4. The Labute approximate surface area is 79.2 Å². The highest BCUT2D eigenvalue weighted by molar-refractivity contribution is 7.13. The average Bonchev–Trinajstić information content (AvgIpc) is 2.32. The maximum Gasteiger partial charge on any atom is 0.296 e. The SMILES string of the molecule is Cc1nc2sn(C)c(=O)c2c[n+]1C. The zero-order valence-corrected chi connectivity index (χ0v) is 8.55. The van der Waals surface area contributed by atoms with Crippen molar-refractivity contribution in [1.29, 1.82) is 0 Å². The minimum absolute atomic E-state index is 0.0306. The van der Waals surface area contributed by atoms with Gasteiger partial charge in [-0.05, 0) is 16.5 Å². The number of nitrogens with zero attached hydrogens (tertiary/aromatic N) is 3. The second-order valence-electron chi connectivity index (χ2n) is 3.01. The molecule has 0 saturated heterocycles. The van der Waals surface area contributed by atoms with E-state index in [-0.39, 0.29) is 5.56 Å². The van der Waals surface area contributed by atoms with Gasteiger partial charge in [0.05, 0.1) is 7.05 Å². The third kappa shape index (κ3) is 1.16. The fourth-order valence-electron chi connectivity index (χ4n) is 1.19. The molecule has 0 saturated carbocycles. The van der Waals surface area contributed by atoms with Crippen LogP contribution in [-0.4, -0.2) is 8.94 Å². The van der Waals surface area contributed by atoms with Gasteiger partial charge in [0.2, 0.25) is 0 Å². The van der Waals surface area contributed by atoms with Crippen LogP contribution in [0.1, 0.15) is 5.82 Å². The summed E-state index contributed by atoms with van der Waals surface area (Å²) in [4.78, 5) is 16.6. The van der Waals surface area contributed by atoms with Crippen molar-refractivity contribution in [3.05, 3.63) is 22.4 Å². The van der Waals surface area contributed by atoms with Crippen molar-refractivity contribution >= 4 is 21.7 Å². The summed E-state index contributed by atoms with van der Waals surface area (Å²) in [6.45, 7) is 1.92. The predicted molar refractivity (Wildman–Crippen MR) is 50.8 cm³/mol. The third-order valence-electron chi connectivity index (χ3n) is 2.07. The van der Waals surface area contributed by atoms with Crippen LogP contribution in [-0.2, 0) is 14.1 Å². The molecule has 0 atom stereocenters. The van der Waals surface area contributed by atoms with Crippen molar-refractivity contribution in [3.8, 4) is 0 Å². The van der Waals surface area contributed by atoms with E-state index in [0.717, 1.165) is 10.7 Å². The van der Waals surface area contributed by atoms with Crippen LogP contribution in [0.3, 0.4) is 0 Å². The number of hydrogen-bond acceptors (Lipinski definition) is 3. The Morgan fingerprint density at radius 3 is 3.00 bits per heavy atom. The summed E-state index contributed by atoms with van der Waals surface area (Å²) in [6.07, 6.45) is 1.83. The van der Waals surface area contributed by atoms with E-state index in [1.54, 1.807) is 11.0 Å². The van der Waals surface area contributed by atoms with Gasteiger partial charge in [0.15, 0.2) is 0 Å². The molecule has 0 bridgehead atoms. The van der Waals surface area contributed by atoms with Crippen LogP contribution < -0.4 is 10.1 Å². The molecule has 68 valence electrons. The lowest BCUT2D eigenvalue weighted by Crippen LogP contribution is -2.33. The van der Waals surface area contributed by atoms with Crippen molar-refractivity contribution in [1.82, 2.24) is 8.94 Å². The molecule has 0 radical (unpaired) electrons. The van der Waals surface area contributed by atoms with Gasteiger partial charge in [0, 0.05) is 14.0 Å². The molecule has 2 heterocycles. The molecule has 2 rings (SSSR count). The number of rotatable bonds is 0. The highest BCUT2D eigenvalue weighted by Crippen LogP contribution is 2.10. The van der Waals surface area contributed by atoms with Crippen molar-refractivity contribution in [2.24, 2.45) is 14.1 Å². The Hall–Kier alpha value is -1.23. The van der Waals surface area contributed by atoms with Gasteiger partial charge in [-0.25, -0.2) is 4.57 Å². The van der Waals surface area contributed by atoms with Crippen LogP contribution in [0.2, 0.25) is 0 Å². The molecule has 0 aliphatic rings. The smallest absolute Gasteiger partial charge is 0.267 e. The molecule has 0 aliphatic heterocycles. The second-order valence-corrected chi connectivity index (χ2v) is 4.13. The van der Waals surface area contributed by atoms with Gasteiger partial charge < -0.3 is 0 Å². The van der Waals surface area contributed by atoms with E-state index in [9.17, 15) is 4.79 Å². The maximum atomic E-state index is 11.5. The van der Waals surface area contributed by atoms with Crippen molar-refractivity contribution in [2.75, 3.05) is 0 Å².